The number of methoxy groups -OCH3 is 1. The molecule has 0 saturated heterocycles. The molecule has 2 N–H and O–H groups in total. The number of nitrogens with zero attached hydrogens (tertiary/aromatic N) is 3. The smallest absolute Gasteiger partial charge is 0.228 e. The highest BCUT2D eigenvalue weighted by molar-refractivity contribution is 7.98. The molecule has 0 saturated carbocycles. The van der Waals surface area contributed by atoms with E-state index in [0.717, 1.165) is 23.4 Å². The van der Waals surface area contributed by atoms with Crippen molar-refractivity contribution in [2.24, 2.45) is 0 Å². The van der Waals surface area contributed by atoms with E-state index < -0.39 is 0 Å². The van der Waals surface area contributed by atoms with E-state index in [4.69, 9.17) is 10.5 Å². The summed E-state index contributed by atoms with van der Waals surface area (Å²) in [6, 6.07) is 1.80. The van der Waals surface area contributed by atoms with Gasteiger partial charge in [0.1, 0.15) is 5.82 Å². The molecule has 0 atom stereocenters. The van der Waals surface area contributed by atoms with Gasteiger partial charge in [-0.15, -0.1) is 0 Å². The van der Waals surface area contributed by atoms with Crippen molar-refractivity contribution >= 4 is 29.1 Å². The predicted octanol–water partition coefficient (Wildman–Crippen LogP) is 2.38. The minimum Gasteiger partial charge on any atom is -0.480 e. The zero-order valence-corrected chi connectivity index (χ0v) is 11.8. The molecule has 0 bridgehead atoms. The highest BCUT2D eigenvalue weighted by Gasteiger charge is 2.08. The molecule has 0 aromatic carbocycles. The van der Waals surface area contributed by atoms with Crippen LogP contribution in [0.4, 0.5) is 5.82 Å². The van der Waals surface area contributed by atoms with Gasteiger partial charge in [-0.3, -0.25) is 0 Å². The topological polar surface area (TPSA) is 73.9 Å². The van der Waals surface area contributed by atoms with Gasteiger partial charge in [-0.25, -0.2) is 9.97 Å². The number of ether oxygens (including phenoxy) is 1. The Morgan fingerprint density at radius 2 is 2.28 bits per heavy atom. The van der Waals surface area contributed by atoms with E-state index >= 15 is 0 Å². The average molecular weight is 282 g/mol. The summed E-state index contributed by atoms with van der Waals surface area (Å²) < 4.78 is 9.30. The van der Waals surface area contributed by atoms with Crippen molar-refractivity contribution < 1.29 is 4.74 Å². The zero-order chi connectivity index (χ0) is 13.0. The number of anilines is 1. The second-order valence-corrected chi connectivity index (χ2v) is 5.13. The first-order valence-corrected chi connectivity index (χ1v) is 7.28. The molecule has 5 nitrogen and oxygen atoms in total. The molecule has 0 aliphatic carbocycles. The Bertz CT molecular complexity index is 530. The molecule has 0 aliphatic heterocycles. The Morgan fingerprint density at radius 3 is 3.00 bits per heavy atom. The molecule has 2 aromatic heterocycles. The highest BCUT2D eigenvalue weighted by atomic mass is 32.2. The Balaban J connectivity index is 2.08. The number of hydrogen-bond donors (Lipinski definition) is 1. The van der Waals surface area contributed by atoms with Crippen LogP contribution in [0.2, 0.25) is 0 Å². The lowest BCUT2D eigenvalue weighted by molar-refractivity contribution is 0.399. The van der Waals surface area contributed by atoms with Crippen LogP contribution < -0.4 is 10.5 Å². The number of aromatic nitrogens is 3. The highest BCUT2D eigenvalue weighted by Crippen LogP contribution is 2.27. The second kappa shape index (κ2) is 6.01. The van der Waals surface area contributed by atoms with E-state index in [2.05, 4.69) is 14.3 Å². The summed E-state index contributed by atoms with van der Waals surface area (Å²) in [6.45, 7) is 2.04. The van der Waals surface area contributed by atoms with Crippen molar-refractivity contribution in [3.63, 3.8) is 0 Å². The molecule has 0 unspecified atom stereocenters. The van der Waals surface area contributed by atoms with Crippen molar-refractivity contribution in [2.75, 3.05) is 12.8 Å². The van der Waals surface area contributed by atoms with Crippen molar-refractivity contribution in [3.8, 4) is 5.88 Å². The van der Waals surface area contributed by atoms with Crippen molar-refractivity contribution in [1.29, 1.82) is 0 Å². The SMILES string of the molecule is CCc1cc(N)nc(SCc2csnc2OC)n1. The fourth-order valence-electron chi connectivity index (χ4n) is 1.39. The van der Waals surface area contributed by atoms with E-state index in [1.54, 1.807) is 13.2 Å². The fraction of sp³-hybridized carbons (Fsp3) is 0.364. The second-order valence-electron chi connectivity index (χ2n) is 3.56. The predicted molar refractivity (Wildman–Crippen MR) is 74.0 cm³/mol. The molecule has 2 rings (SSSR count). The Hall–Kier alpha value is -1.34. The number of hydrogen-bond acceptors (Lipinski definition) is 7. The standard InChI is InChI=1S/C11H14N4OS2/c1-3-8-4-9(12)14-11(13-8)17-5-7-6-18-15-10(7)16-2/h4,6H,3,5H2,1-2H3,(H2,12,13,14). The maximum absolute atomic E-state index is 5.74. The van der Waals surface area contributed by atoms with Crippen molar-refractivity contribution in [3.05, 3.63) is 22.7 Å². The normalized spacial score (nSPS) is 10.6. The third-order valence-corrected chi connectivity index (χ3v) is 3.85. The summed E-state index contributed by atoms with van der Waals surface area (Å²) in [5.41, 5.74) is 7.75. The van der Waals surface area contributed by atoms with Crippen molar-refractivity contribution in [1.82, 2.24) is 14.3 Å². The summed E-state index contributed by atoms with van der Waals surface area (Å²) in [5.74, 6) is 1.92. The number of thioether (sulfide) groups is 1. The number of nitrogens with two attached hydrogens (primary N) is 1. The Labute approximate surface area is 114 Å². The van der Waals surface area contributed by atoms with Crippen LogP contribution in [0, 0.1) is 0 Å². The van der Waals surface area contributed by atoms with Gasteiger partial charge < -0.3 is 10.5 Å². The van der Waals surface area contributed by atoms with E-state index in [9.17, 15) is 0 Å². The summed E-state index contributed by atoms with van der Waals surface area (Å²) in [4.78, 5) is 8.63. The fourth-order valence-corrected chi connectivity index (χ4v) is 2.99. The van der Waals surface area contributed by atoms with Crippen LogP contribution in [-0.2, 0) is 12.2 Å². The third-order valence-electron chi connectivity index (χ3n) is 2.30. The third kappa shape index (κ3) is 3.11. The summed E-state index contributed by atoms with van der Waals surface area (Å²) in [6.07, 6.45) is 0.851. The molecule has 0 amide bonds. The average Bonchev–Trinajstić information content (AvgIpc) is 2.83. The molecule has 7 heteroatoms. The lowest BCUT2D eigenvalue weighted by Crippen LogP contribution is -1.99. The van der Waals surface area contributed by atoms with Gasteiger partial charge in [-0.1, -0.05) is 18.7 Å². The summed E-state index contributed by atoms with van der Waals surface area (Å²) >= 11 is 2.92. The number of rotatable bonds is 5. The van der Waals surface area contributed by atoms with Gasteiger partial charge in [0.2, 0.25) is 5.88 Å². The van der Waals surface area contributed by atoms with Gasteiger partial charge in [-0.05, 0) is 18.0 Å². The minimum absolute atomic E-state index is 0.514. The van der Waals surface area contributed by atoms with Gasteiger partial charge >= 0.3 is 0 Å². The van der Waals surface area contributed by atoms with Gasteiger partial charge in [0.05, 0.1) is 7.11 Å². The number of nitrogen functional groups attached to an aromatic ring is 1. The van der Waals surface area contributed by atoms with Gasteiger partial charge in [-0.2, -0.15) is 4.37 Å². The molecule has 96 valence electrons. The van der Waals surface area contributed by atoms with Crippen LogP contribution in [0.5, 0.6) is 5.88 Å². The van der Waals surface area contributed by atoms with Crippen LogP contribution in [0.25, 0.3) is 0 Å². The molecular weight excluding hydrogens is 268 g/mol. The molecule has 2 aromatic rings. The van der Waals surface area contributed by atoms with Gasteiger partial charge in [0, 0.05) is 28.5 Å². The Morgan fingerprint density at radius 1 is 1.44 bits per heavy atom. The summed E-state index contributed by atoms with van der Waals surface area (Å²) in [5, 5.41) is 2.67. The molecular formula is C11H14N4OS2. The van der Waals surface area contributed by atoms with E-state index in [1.807, 2.05) is 12.3 Å². The molecule has 0 spiro atoms. The van der Waals surface area contributed by atoms with E-state index in [1.165, 1.54) is 23.3 Å². The lowest BCUT2D eigenvalue weighted by Gasteiger charge is -2.04. The zero-order valence-electron chi connectivity index (χ0n) is 10.2. The first kappa shape index (κ1) is 13.1. The largest absolute Gasteiger partial charge is 0.480 e. The molecule has 0 fully saturated rings. The van der Waals surface area contributed by atoms with Crippen LogP contribution >= 0.6 is 23.3 Å². The lowest BCUT2D eigenvalue weighted by atomic mass is 10.3. The van der Waals surface area contributed by atoms with Crippen LogP contribution in [-0.4, -0.2) is 21.5 Å². The van der Waals surface area contributed by atoms with E-state index in [-0.39, 0.29) is 0 Å². The molecule has 18 heavy (non-hydrogen) atoms. The number of aryl methyl sites for hydroxylation is 1. The van der Waals surface area contributed by atoms with Crippen LogP contribution in [0.15, 0.2) is 16.6 Å². The quantitative estimate of drug-likeness (QED) is 0.670. The van der Waals surface area contributed by atoms with Gasteiger partial charge in [0.15, 0.2) is 5.16 Å². The maximum Gasteiger partial charge on any atom is 0.228 e. The summed E-state index contributed by atoms with van der Waals surface area (Å²) in [7, 11) is 1.62. The minimum atomic E-state index is 0.514. The van der Waals surface area contributed by atoms with E-state index in [0.29, 0.717) is 16.9 Å². The van der Waals surface area contributed by atoms with Crippen molar-refractivity contribution in [2.45, 2.75) is 24.3 Å². The van der Waals surface area contributed by atoms with Crippen LogP contribution in [0.1, 0.15) is 18.2 Å². The molecule has 0 aliphatic rings. The molecule has 2 heterocycles. The van der Waals surface area contributed by atoms with Crippen LogP contribution in [0.3, 0.4) is 0 Å². The maximum atomic E-state index is 5.74. The monoisotopic (exact) mass is 282 g/mol. The Kier molecular flexibility index (Phi) is 4.38. The first-order chi connectivity index (χ1) is 8.72. The first-order valence-electron chi connectivity index (χ1n) is 5.46. The molecule has 0 radical (unpaired) electrons. The van der Waals surface area contributed by atoms with Gasteiger partial charge in [0.25, 0.3) is 0 Å².